The highest BCUT2D eigenvalue weighted by molar-refractivity contribution is 5.96. The maximum atomic E-state index is 14.7. The third kappa shape index (κ3) is 4.88. The molecule has 1 aliphatic rings. The van der Waals surface area contributed by atoms with Crippen molar-refractivity contribution in [3.8, 4) is 34.0 Å². The van der Waals surface area contributed by atoms with Crippen LogP contribution >= 0.6 is 0 Å². The van der Waals surface area contributed by atoms with Crippen molar-refractivity contribution in [2.24, 2.45) is 5.73 Å². The van der Waals surface area contributed by atoms with Crippen molar-refractivity contribution < 1.29 is 4.39 Å². The fourth-order valence-corrected chi connectivity index (χ4v) is 5.10. The van der Waals surface area contributed by atoms with Gasteiger partial charge in [0.25, 0.3) is 0 Å². The van der Waals surface area contributed by atoms with Gasteiger partial charge in [0.05, 0.1) is 35.3 Å². The predicted molar refractivity (Wildman–Crippen MR) is 160 cm³/mol. The Morgan fingerprint density at radius 1 is 1.07 bits per heavy atom. The Morgan fingerprint density at radius 3 is 2.79 bits per heavy atom. The topological polar surface area (TPSA) is 153 Å². The van der Waals surface area contributed by atoms with Crippen molar-refractivity contribution in [3.05, 3.63) is 60.9 Å². The van der Waals surface area contributed by atoms with Gasteiger partial charge in [0.2, 0.25) is 0 Å². The largest absolute Gasteiger partial charge is 0.384 e. The van der Waals surface area contributed by atoms with Crippen molar-refractivity contribution in [3.63, 3.8) is 0 Å². The molecular weight excluding hydrogens is 535 g/mol. The van der Waals surface area contributed by atoms with E-state index in [1.165, 1.54) is 12.1 Å². The van der Waals surface area contributed by atoms with E-state index in [1.54, 1.807) is 24.8 Å². The number of likely N-dealkylation sites (N-methyl/N-ethyl adjacent to an activating group) is 1. The number of hydrogen-bond donors (Lipinski definition) is 4. The monoisotopic (exact) mass is 564 g/mol. The average molecular weight is 565 g/mol. The number of nitrogens with one attached hydrogen (secondary N) is 3. The lowest BCUT2D eigenvalue weighted by molar-refractivity contribution is 0.425. The van der Waals surface area contributed by atoms with Crippen LogP contribution in [-0.2, 0) is 0 Å². The number of benzene rings is 1. The first-order chi connectivity index (χ1) is 20.4. The molecule has 6 heterocycles. The van der Waals surface area contributed by atoms with Crippen LogP contribution < -0.4 is 16.0 Å². The summed E-state index contributed by atoms with van der Waals surface area (Å²) >= 11 is 0. The minimum absolute atomic E-state index is 0.157. The molecule has 0 amide bonds. The lowest BCUT2D eigenvalue weighted by Crippen LogP contribution is -2.56. The van der Waals surface area contributed by atoms with Crippen molar-refractivity contribution in [2.45, 2.75) is 6.04 Å². The summed E-state index contributed by atoms with van der Waals surface area (Å²) in [6.45, 7) is 3.03. The molecule has 1 fully saturated rings. The zero-order valence-electron chi connectivity index (χ0n) is 23.1. The molecule has 0 spiro atoms. The zero-order valence-corrected chi connectivity index (χ0v) is 23.1. The van der Waals surface area contributed by atoms with Gasteiger partial charge in [-0.1, -0.05) is 0 Å². The van der Waals surface area contributed by atoms with Gasteiger partial charge in [0.15, 0.2) is 11.5 Å². The van der Waals surface area contributed by atoms with Crippen molar-refractivity contribution in [1.82, 2.24) is 45.0 Å². The van der Waals surface area contributed by atoms with E-state index in [1.807, 2.05) is 32.3 Å². The minimum atomic E-state index is -0.327. The fourth-order valence-electron chi connectivity index (χ4n) is 5.10. The number of nitrogens with zero attached hydrogens (tertiary/aromatic N) is 8. The predicted octanol–water partition coefficient (Wildman–Crippen LogP) is 3.28. The van der Waals surface area contributed by atoms with E-state index in [-0.39, 0.29) is 11.9 Å². The van der Waals surface area contributed by atoms with E-state index in [9.17, 15) is 4.39 Å². The van der Waals surface area contributed by atoms with Gasteiger partial charge in [-0.05, 0) is 50.0 Å². The Bertz CT molecular complexity index is 1910. The van der Waals surface area contributed by atoms with E-state index >= 15 is 0 Å². The smallest absolute Gasteiger partial charge is 0.178 e. The quantitative estimate of drug-likeness (QED) is 0.217. The number of pyridine rings is 2. The van der Waals surface area contributed by atoms with Crippen LogP contribution in [0.3, 0.4) is 0 Å². The van der Waals surface area contributed by atoms with Crippen LogP contribution in [0.4, 0.5) is 15.9 Å². The Morgan fingerprint density at radius 2 is 1.95 bits per heavy atom. The summed E-state index contributed by atoms with van der Waals surface area (Å²) in [5.41, 5.74) is 12.0. The molecule has 6 aromatic rings. The van der Waals surface area contributed by atoms with E-state index in [4.69, 9.17) is 15.7 Å². The Balaban J connectivity index is 1.24. The molecule has 0 saturated carbocycles. The zero-order chi connectivity index (χ0) is 28.8. The summed E-state index contributed by atoms with van der Waals surface area (Å²) in [5, 5.41) is 11.7. The Kier molecular flexibility index (Phi) is 6.44. The SMILES string of the molecule is CN(C)CCNc1cc(F)cc(-c2ccnc3nc(-c4n[nH]c5cnc(-c6cncc(N7CC(N)C7)n6)cc45)[nH]c23)c1. The van der Waals surface area contributed by atoms with Gasteiger partial charge in [-0.15, -0.1) is 0 Å². The molecule has 0 bridgehead atoms. The number of H-pyrrole nitrogens is 2. The first-order valence-corrected chi connectivity index (χ1v) is 13.6. The molecule has 0 unspecified atom stereocenters. The van der Waals surface area contributed by atoms with Gasteiger partial charge in [-0.2, -0.15) is 5.10 Å². The van der Waals surface area contributed by atoms with Gasteiger partial charge in [0.1, 0.15) is 23.0 Å². The molecule has 1 aromatic carbocycles. The summed E-state index contributed by atoms with van der Waals surface area (Å²) in [6.07, 6.45) is 6.82. The van der Waals surface area contributed by atoms with Gasteiger partial charge in [-0.25, -0.2) is 19.3 Å². The number of nitrogens with two attached hydrogens (primary N) is 1. The Hall–Kier alpha value is -5.01. The third-order valence-electron chi connectivity index (χ3n) is 7.28. The number of imidazole rings is 1. The molecule has 42 heavy (non-hydrogen) atoms. The summed E-state index contributed by atoms with van der Waals surface area (Å²) in [6, 6.07) is 8.87. The summed E-state index contributed by atoms with van der Waals surface area (Å²) in [7, 11) is 4.00. The number of aromatic amines is 2. The second kappa shape index (κ2) is 10.4. The van der Waals surface area contributed by atoms with Gasteiger partial charge in [0, 0.05) is 55.1 Å². The molecule has 12 nitrogen and oxygen atoms in total. The van der Waals surface area contributed by atoms with Crippen LogP contribution in [0.15, 0.2) is 55.1 Å². The number of anilines is 2. The van der Waals surface area contributed by atoms with Crippen LogP contribution in [-0.4, -0.2) is 91.3 Å². The normalized spacial score (nSPS) is 13.8. The molecule has 7 rings (SSSR count). The van der Waals surface area contributed by atoms with E-state index in [0.717, 1.165) is 41.9 Å². The van der Waals surface area contributed by atoms with Gasteiger partial charge < -0.3 is 25.8 Å². The molecule has 5 aromatic heterocycles. The van der Waals surface area contributed by atoms with Crippen LogP contribution in [0.25, 0.3) is 56.1 Å². The van der Waals surface area contributed by atoms with Crippen LogP contribution in [0.1, 0.15) is 0 Å². The molecule has 13 heteroatoms. The van der Waals surface area contributed by atoms with E-state index < -0.39 is 0 Å². The fraction of sp³-hybridized carbons (Fsp3) is 0.241. The van der Waals surface area contributed by atoms with Gasteiger partial charge >= 0.3 is 0 Å². The van der Waals surface area contributed by atoms with E-state index in [0.29, 0.717) is 51.9 Å². The first kappa shape index (κ1) is 25.9. The van der Waals surface area contributed by atoms with Crippen molar-refractivity contribution in [1.29, 1.82) is 0 Å². The number of fused-ring (bicyclic) bond motifs is 2. The molecule has 5 N–H and O–H groups in total. The lowest BCUT2D eigenvalue weighted by atomic mass is 10.0. The summed E-state index contributed by atoms with van der Waals surface area (Å²) < 4.78 is 14.7. The second-order valence-electron chi connectivity index (χ2n) is 10.7. The molecule has 0 radical (unpaired) electrons. The maximum Gasteiger partial charge on any atom is 0.178 e. The maximum absolute atomic E-state index is 14.7. The minimum Gasteiger partial charge on any atom is -0.384 e. The van der Waals surface area contributed by atoms with Crippen molar-refractivity contribution >= 4 is 33.6 Å². The van der Waals surface area contributed by atoms with Crippen LogP contribution in [0.5, 0.6) is 0 Å². The van der Waals surface area contributed by atoms with Gasteiger partial charge in [-0.3, -0.25) is 15.1 Å². The average Bonchev–Trinajstić information content (AvgIpc) is 3.59. The number of hydrogen-bond acceptors (Lipinski definition) is 10. The number of rotatable bonds is 8. The Labute approximate surface area is 240 Å². The standard InChI is InChI=1S/C29H29FN12/c1-41(2)6-5-33-19-8-16(7-17(30)9-19)20-3-4-34-28-26(20)37-29(38-28)27-21-10-22(35-12-23(21)39-40-27)24-11-32-13-25(36-24)42-14-18(31)15-42/h3-4,7-13,18,33H,5-6,14-15,31H2,1-2H3,(H,39,40)(H,34,37,38). The molecule has 1 aliphatic heterocycles. The molecule has 0 aliphatic carbocycles. The van der Waals surface area contributed by atoms with E-state index in [2.05, 4.69) is 45.2 Å². The lowest BCUT2D eigenvalue weighted by Gasteiger charge is -2.37. The molecule has 212 valence electrons. The highest BCUT2D eigenvalue weighted by atomic mass is 19.1. The summed E-state index contributed by atoms with van der Waals surface area (Å²) in [5.74, 6) is 0.975. The highest BCUT2D eigenvalue weighted by Crippen LogP contribution is 2.33. The second-order valence-corrected chi connectivity index (χ2v) is 10.7. The molecule has 1 saturated heterocycles. The number of halogens is 1. The van der Waals surface area contributed by atoms with Crippen molar-refractivity contribution in [2.75, 3.05) is 50.5 Å². The first-order valence-electron chi connectivity index (χ1n) is 13.6. The van der Waals surface area contributed by atoms with Crippen LogP contribution in [0, 0.1) is 5.82 Å². The number of aromatic nitrogens is 8. The third-order valence-corrected chi connectivity index (χ3v) is 7.28. The highest BCUT2D eigenvalue weighted by Gasteiger charge is 2.25. The summed E-state index contributed by atoms with van der Waals surface area (Å²) in [4.78, 5) is 30.5. The molecule has 0 atom stereocenters. The van der Waals surface area contributed by atoms with Crippen LogP contribution in [0.2, 0.25) is 0 Å². The molecular formula is C29H29FN12.